The van der Waals surface area contributed by atoms with Gasteiger partial charge >= 0.3 is 5.97 Å². The molecule has 0 aromatic carbocycles. The van der Waals surface area contributed by atoms with Crippen LogP contribution in [0.3, 0.4) is 0 Å². The van der Waals surface area contributed by atoms with Gasteiger partial charge in [-0.05, 0) is 25.7 Å². The molecule has 122 valence electrons. The van der Waals surface area contributed by atoms with Gasteiger partial charge in [-0.3, -0.25) is 4.79 Å². The van der Waals surface area contributed by atoms with Crippen molar-refractivity contribution in [2.45, 2.75) is 64.8 Å². The minimum atomic E-state index is -0.985. The summed E-state index contributed by atoms with van der Waals surface area (Å²) in [6.07, 6.45) is 5.42. The molecule has 0 radical (unpaired) electrons. The summed E-state index contributed by atoms with van der Waals surface area (Å²) in [7, 11) is 0. The van der Waals surface area contributed by atoms with Crippen LogP contribution in [-0.4, -0.2) is 28.0 Å². The van der Waals surface area contributed by atoms with Crippen molar-refractivity contribution in [3.63, 3.8) is 0 Å². The number of aryl methyl sites for hydroxylation is 1. The highest BCUT2D eigenvalue weighted by Crippen LogP contribution is 2.37. The van der Waals surface area contributed by atoms with Crippen molar-refractivity contribution in [3.8, 4) is 0 Å². The lowest BCUT2D eigenvalue weighted by Gasteiger charge is -2.19. The lowest BCUT2D eigenvalue weighted by atomic mass is 9.99. The predicted octanol–water partition coefficient (Wildman–Crippen LogP) is 3.34. The van der Waals surface area contributed by atoms with Gasteiger partial charge in [0.2, 0.25) is 0 Å². The third-order valence-corrected chi connectivity index (χ3v) is 5.81. The topological polar surface area (TPSA) is 79.3 Å². The van der Waals surface area contributed by atoms with E-state index in [0.29, 0.717) is 22.9 Å². The van der Waals surface area contributed by atoms with Crippen molar-refractivity contribution >= 4 is 23.2 Å². The van der Waals surface area contributed by atoms with Crippen LogP contribution in [-0.2, 0) is 4.79 Å². The number of nitrogens with one attached hydrogen (secondary N) is 1. The maximum atomic E-state index is 12.4. The van der Waals surface area contributed by atoms with E-state index in [1.807, 2.05) is 20.8 Å². The minimum Gasteiger partial charge on any atom is -0.480 e. The zero-order chi connectivity index (χ0) is 16.3. The first-order valence-electron chi connectivity index (χ1n) is 7.95. The van der Waals surface area contributed by atoms with Gasteiger partial charge in [0, 0.05) is 5.92 Å². The number of hydrogen-bond donors (Lipinski definition) is 2. The molecule has 2 atom stereocenters. The molecule has 1 aromatic heterocycles. The molecule has 1 aromatic rings. The monoisotopic (exact) mass is 324 g/mol. The smallest absolute Gasteiger partial charge is 0.326 e. The number of hydrogen-bond acceptors (Lipinski definition) is 4. The molecule has 5 nitrogen and oxygen atoms in total. The summed E-state index contributed by atoms with van der Waals surface area (Å²) >= 11 is 1.42. The van der Waals surface area contributed by atoms with Crippen molar-refractivity contribution in [2.75, 3.05) is 0 Å². The standard InChI is InChI=1S/C16H24N2O3S/c1-4-9(2)12(16(20)21)18-14(19)13-10(3)17-15(22-13)11-7-5-6-8-11/h9,11-12H,4-8H2,1-3H3,(H,18,19)(H,20,21)/t9-,12-/m0/s1. The number of amides is 1. The fourth-order valence-corrected chi connectivity index (χ4v) is 4.00. The highest BCUT2D eigenvalue weighted by Gasteiger charge is 2.28. The molecular formula is C16H24N2O3S. The van der Waals surface area contributed by atoms with Crippen LogP contribution in [0.2, 0.25) is 0 Å². The molecule has 1 aliphatic rings. The average Bonchev–Trinajstić information content (AvgIpc) is 3.12. The summed E-state index contributed by atoms with van der Waals surface area (Å²) in [4.78, 5) is 28.9. The molecule has 0 spiro atoms. The van der Waals surface area contributed by atoms with Crippen molar-refractivity contribution in [3.05, 3.63) is 15.6 Å². The van der Waals surface area contributed by atoms with E-state index in [9.17, 15) is 14.7 Å². The van der Waals surface area contributed by atoms with Crippen LogP contribution in [0.4, 0.5) is 0 Å². The molecule has 2 rings (SSSR count). The highest BCUT2D eigenvalue weighted by molar-refractivity contribution is 7.13. The van der Waals surface area contributed by atoms with E-state index < -0.39 is 12.0 Å². The second-order valence-corrected chi connectivity index (χ2v) is 7.15. The van der Waals surface area contributed by atoms with Crippen LogP contribution in [0.1, 0.15) is 72.2 Å². The van der Waals surface area contributed by atoms with Crippen LogP contribution in [0.15, 0.2) is 0 Å². The third-order valence-electron chi connectivity index (χ3n) is 4.49. The number of aromatic nitrogens is 1. The fraction of sp³-hybridized carbons (Fsp3) is 0.688. The summed E-state index contributed by atoms with van der Waals surface area (Å²) in [6.45, 7) is 5.58. The van der Waals surface area contributed by atoms with Crippen molar-refractivity contribution in [1.29, 1.82) is 0 Å². The van der Waals surface area contributed by atoms with Crippen LogP contribution < -0.4 is 5.32 Å². The van der Waals surface area contributed by atoms with Gasteiger partial charge in [0.25, 0.3) is 5.91 Å². The number of carboxylic acid groups (broad SMARTS) is 1. The summed E-state index contributed by atoms with van der Waals surface area (Å²) in [6, 6.07) is -0.853. The Hall–Kier alpha value is -1.43. The number of nitrogens with zero attached hydrogens (tertiary/aromatic N) is 1. The SMILES string of the molecule is CC[C@H](C)[C@H](NC(=O)c1sc(C2CCCC2)nc1C)C(=O)O. The van der Waals surface area contributed by atoms with Gasteiger partial charge in [0.15, 0.2) is 0 Å². The molecule has 6 heteroatoms. The Kier molecular flexibility index (Phi) is 5.56. The Bertz CT molecular complexity index is 550. The van der Waals surface area contributed by atoms with E-state index in [4.69, 9.17) is 0 Å². The Morgan fingerprint density at radius 1 is 1.41 bits per heavy atom. The number of thiazole rings is 1. The predicted molar refractivity (Wildman–Crippen MR) is 86.4 cm³/mol. The summed E-state index contributed by atoms with van der Waals surface area (Å²) in [5.41, 5.74) is 0.706. The van der Waals surface area contributed by atoms with Crippen LogP contribution in [0, 0.1) is 12.8 Å². The van der Waals surface area contributed by atoms with Crippen molar-refractivity contribution < 1.29 is 14.7 Å². The third kappa shape index (κ3) is 3.66. The van der Waals surface area contributed by atoms with Gasteiger partial charge < -0.3 is 10.4 Å². The van der Waals surface area contributed by atoms with E-state index in [1.165, 1.54) is 24.2 Å². The number of rotatable bonds is 6. The second-order valence-electron chi connectivity index (χ2n) is 6.12. The van der Waals surface area contributed by atoms with Gasteiger partial charge in [-0.25, -0.2) is 9.78 Å². The molecule has 1 aliphatic carbocycles. The van der Waals surface area contributed by atoms with Gasteiger partial charge in [-0.2, -0.15) is 0 Å². The average molecular weight is 324 g/mol. The number of carbonyl (C=O) groups excluding carboxylic acids is 1. The second kappa shape index (κ2) is 7.22. The number of carboxylic acids is 1. The first-order chi connectivity index (χ1) is 10.4. The van der Waals surface area contributed by atoms with Crippen molar-refractivity contribution in [2.24, 2.45) is 5.92 Å². The number of aliphatic carboxylic acids is 1. The first-order valence-corrected chi connectivity index (χ1v) is 8.76. The lowest BCUT2D eigenvalue weighted by molar-refractivity contribution is -0.140. The normalized spacial score (nSPS) is 18.1. The summed E-state index contributed by atoms with van der Waals surface area (Å²) in [5.74, 6) is -0.938. The van der Waals surface area contributed by atoms with E-state index in [0.717, 1.165) is 17.8 Å². The molecule has 0 aliphatic heterocycles. The largest absolute Gasteiger partial charge is 0.480 e. The zero-order valence-corrected chi connectivity index (χ0v) is 14.2. The summed E-state index contributed by atoms with van der Waals surface area (Å²) < 4.78 is 0. The molecule has 1 fully saturated rings. The van der Waals surface area contributed by atoms with Gasteiger partial charge in [-0.1, -0.05) is 33.1 Å². The fourth-order valence-electron chi connectivity index (χ4n) is 2.87. The zero-order valence-electron chi connectivity index (χ0n) is 13.4. The van der Waals surface area contributed by atoms with Crippen LogP contribution in [0.5, 0.6) is 0 Å². The molecule has 1 heterocycles. The molecule has 0 saturated heterocycles. The van der Waals surface area contributed by atoms with E-state index in [2.05, 4.69) is 10.3 Å². The highest BCUT2D eigenvalue weighted by atomic mass is 32.1. The Labute approximate surface area is 135 Å². The molecule has 22 heavy (non-hydrogen) atoms. The molecular weight excluding hydrogens is 300 g/mol. The Morgan fingerprint density at radius 2 is 2.05 bits per heavy atom. The van der Waals surface area contributed by atoms with Gasteiger partial charge in [-0.15, -0.1) is 11.3 Å². The maximum Gasteiger partial charge on any atom is 0.326 e. The van der Waals surface area contributed by atoms with E-state index >= 15 is 0 Å². The van der Waals surface area contributed by atoms with Crippen LogP contribution in [0.25, 0.3) is 0 Å². The first kappa shape index (κ1) is 16.9. The molecule has 0 unspecified atom stereocenters. The van der Waals surface area contributed by atoms with Crippen LogP contribution >= 0.6 is 11.3 Å². The van der Waals surface area contributed by atoms with E-state index in [1.54, 1.807) is 0 Å². The molecule has 1 saturated carbocycles. The molecule has 2 N–H and O–H groups in total. The number of carbonyl (C=O) groups is 2. The summed E-state index contributed by atoms with van der Waals surface area (Å²) in [5, 5.41) is 13.0. The van der Waals surface area contributed by atoms with Gasteiger partial charge in [0.1, 0.15) is 10.9 Å². The van der Waals surface area contributed by atoms with E-state index in [-0.39, 0.29) is 11.8 Å². The molecule has 1 amide bonds. The minimum absolute atomic E-state index is 0.107. The Balaban J connectivity index is 2.13. The maximum absolute atomic E-state index is 12.4. The quantitative estimate of drug-likeness (QED) is 0.841. The molecule has 0 bridgehead atoms. The Morgan fingerprint density at radius 3 is 2.59 bits per heavy atom. The lowest BCUT2D eigenvalue weighted by Crippen LogP contribution is -2.44. The van der Waals surface area contributed by atoms with Crippen molar-refractivity contribution in [1.82, 2.24) is 10.3 Å². The van der Waals surface area contributed by atoms with Gasteiger partial charge in [0.05, 0.1) is 10.7 Å².